The Labute approximate surface area is 189 Å². The number of fused-ring (bicyclic) bond motifs is 1. The summed E-state index contributed by atoms with van der Waals surface area (Å²) in [7, 11) is 0. The van der Waals surface area contributed by atoms with Gasteiger partial charge in [-0.25, -0.2) is 4.98 Å². The topological polar surface area (TPSA) is 108 Å². The van der Waals surface area contributed by atoms with Crippen molar-refractivity contribution in [2.24, 2.45) is 0 Å². The van der Waals surface area contributed by atoms with E-state index in [4.69, 9.17) is 4.42 Å². The molecule has 8 heteroatoms. The van der Waals surface area contributed by atoms with Crippen molar-refractivity contribution in [2.45, 2.75) is 26.4 Å². The van der Waals surface area contributed by atoms with E-state index in [1.165, 1.54) is 23.3 Å². The average Bonchev–Trinajstić information content (AvgIpc) is 3.49. The van der Waals surface area contributed by atoms with Crippen molar-refractivity contribution in [3.05, 3.63) is 94.8 Å². The number of likely N-dealkylation sites (tertiary alicyclic amines) is 1. The molecule has 4 heterocycles. The van der Waals surface area contributed by atoms with Crippen molar-refractivity contribution in [3.8, 4) is 5.75 Å². The Kier molecular flexibility index (Phi) is 4.78. The average molecular weight is 443 g/mol. The Morgan fingerprint density at radius 1 is 1.12 bits per heavy atom. The zero-order chi connectivity index (χ0) is 23.3. The molecule has 1 aliphatic heterocycles. The summed E-state index contributed by atoms with van der Waals surface area (Å²) in [6.07, 6.45) is 3.31. The fourth-order valence-corrected chi connectivity index (χ4v) is 4.33. The first kappa shape index (κ1) is 20.6. The Hall–Kier alpha value is -4.33. The van der Waals surface area contributed by atoms with E-state index in [0.29, 0.717) is 22.7 Å². The Balaban J connectivity index is 1.72. The lowest BCUT2D eigenvalue weighted by Gasteiger charge is -2.24. The van der Waals surface area contributed by atoms with E-state index in [1.54, 1.807) is 31.2 Å². The van der Waals surface area contributed by atoms with Crippen LogP contribution in [0, 0.1) is 13.8 Å². The molecule has 1 aliphatic rings. The van der Waals surface area contributed by atoms with Crippen LogP contribution in [0.1, 0.15) is 34.3 Å². The summed E-state index contributed by atoms with van der Waals surface area (Å²) in [6, 6.07) is 12.5. The number of phenolic OH excluding ortho intramolecular Hbond substituents is 1. The molecule has 1 saturated heterocycles. The number of pyridine rings is 1. The van der Waals surface area contributed by atoms with Crippen LogP contribution in [0.15, 0.2) is 71.0 Å². The maximum Gasteiger partial charge on any atom is 0.296 e. The van der Waals surface area contributed by atoms with Gasteiger partial charge in [-0.2, -0.15) is 0 Å². The van der Waals surface area contributed by atoms with Gasteiger partial charge in [0.1, 0.15) is 22.9 Å². The number of hydrogen-bond acceptors (Lipinski definition) is 6. The molecule has 0 bridgehead atoms. The van der Waals surface area contributed by atoms with Crippen molar-refractivity contribution in [3.63, 3.8) is 0 Å². The molecule has 0 aliphatic carbocycles. The number of aromatic nitrogens is 2. The van der Waals surface area contributed by atoms with Crippen LogP contribution in [0.25, 0.3) is 11.4 Å². The molecule has 1 aromatic carbocycles. The van der Waals surface area contributed by atoms with Crippen LogP contribution in [0.3, 0.4) is 0 Å². The van der Waals surface area contributed by atoms with E-state index >= 15 is 0 Å². The van der Waals surface area contributed by atoms with Gasteiger partial charge in [0.2, 0.25) is 0 Å². The number of ketones is 1. The zero-order valence-electron chi connectivity index (χ0n) is 18.0. The minimum Gasteiger partial charge on any atom is -0.508 e. The first-order valence-corrected chi connectivity index (χ1v) is 10.4. The second kappa shape index (κ2) is 7.67. The SMILES string of the molecule is Cc1cccn2c(C)c(/C(O)=C3\C(=O)C(=O)N(Cc4ccco4)C3c3cccc(O)c3)nc12. The minimum atomic E-state index is -0.924. The van der Waals surface area contributed by atoms with Gasteiger partial charge in [0.05, 0.1) is 30.1 Å². The third kappa shape index (κ3) is 3.27. The third-order valence-electron chi connectivity index (χ3n) is 5.94. The van der Waals surface area contributed by atoms with Gasteiger partial charge in [0.15, 0.2) is 5.76 Å². The Bertz CT molecular complexity index is 1430. The smallest absolute Gasteiger partial charge is 0.296 e. The number of aromatic hydroxyl groups is 1. The van der Waals surface area contributed by atoms with E-state index in [9.17, 15) is 19.8 Å². The van der Waals surface area contributed by atoms with Gasteiger partial charge in [0, 0.05) is 6.20 Å². The summed E-state index contributed by atoms with van der Waals surface area (Å²) >= 11 is 0. The monoisotopic (exact) mass is 443 g/mol. The summed E-state index contributed by atoms with van der Waals surface area (Å²) in [5.41, 5.74) is 2.82. The predicted molar refractivity (Wildman–Crippen MR) is 119 cm³/mol. The predicted octanol–water partition coefficient (Wildman–Crippen LogP) is 3.87. The molecule has 166 valence electrons. The molecule has 4 aromatic rings. The maximum absolute atomic E-state index is 13.2. The lowest BCUT2D eigenvalue weighted by molar-refractivity contribution is -0.140. The van der Waals surface area contributed by atoms with E-state index in [2.05, 4.69) is 4.98 Å². The number of nitrogens with zero attached hydrogens (tertiary/aromatic N) is 3. The second-order valence-corrected chi connectivity index (χ2v) is 8.03. The number of furan rings is 1. The summed E-state index contributed by atoms with van der Waals surface area (Å²) in [5, 5.41) is 21.4. The van der Waals surface area contributed by atoms with Gasteiger partial charge in [-0.05, 0) is 55.3 Å². The number of amides is 1. The molecule has 3 aromatic heterocycles. The molecule has 0 radical (unpaired) electrons. The largest absolute Gasteiger partial charge is 0.508 e. The molecule has 8 nitrogen and oxygen atoms in total. The molecule has 1 fully saturated rings. The summed E-state index contributed by atoms with van der Waals surface area (Å²) < 4.78 is 7.22. The number of aliphatic hydroxyl groups excluding tert-OH is 1. The van der Waals surface area contributed by atoms with Crippen LogP contribution in [0.5, 0.6) is 5.75 Å². The molecular weight excluding hydrogens is 422 g/mol. The van der Waals surface area contributed by atoms with E-state index in [-0.39, 0.29) is 29.3 Å². The van der Waals surface area contributed by atoms with Crippen LogP contribution in [0.4, 0.5) is 0 Å². The normalized spacial score (nSPS) is 17.9. The first-order valence-electron chi connectivity index (χ1n) is 10.4. The molecule has 0 saturated carbocycles. The highest BCUT2D eigenvalue weighted by atomic mass is 16.3. The Morgan fingerprint density at radius 3 is 2.64 bits per heavy atom. The minimum absolute atomic E-state index is 0.0179. The van der Waals surface area contributed by atoms with E-state index in [1.807, 2.05) is 29.7 Å². The third-order valence-corrected chi connectivity index (χ3v) is 5.94. The second-order valence-electron chi connectivity index (χ2n) is 8.03. The number of carbonyl (C=O) groups is 2. The molecule has 1 atom stereocenters. The van der Waals surface area contributed by atoms with Crippen LogP contribution < -0.4 is 0 Å². The van der Waals surface area contributed by atoms with Gasteiger partial charge in [-0.15, -0.1) is 0 Å². The fourth-order valence-electron chi connectivity index (χ4n) is 4.33. The Morgan fingerprint density at radius 2 is 1.94 bits per heavy atom. The molecule has 1 unspecified atom stereocenters. The standard InChI is InChI=1S/C25H21N3O5/c1-14-6-4-10-27-15(2)20(26-24(14)27)22(30)19-21(16-7-3-8-17(29)12-16)28(25(32)23(19)31)13-18-9-5-11-33-18/h3-12,21,29-30H,13H2,1-2H3/b22-19+. The van der Waals surface area contributed by atoms with Gasteiger partial charge in [-0.3, -0.25) is 9.59 Å². The molecule has 33 heavy (non-hydrogen) atoms. The number of imidazole rings is 1. The van der Waals surface area contributed by atoms with Crippen LogP contribution in [0.2, 0.25) is 0 Å². The highest BCUT2D eigenvalue weighted by Crippen LogP contribution is 2.41. The molecular formula is C25H21N3O5. The van der Waals surface area contributed by atoms with Gasteiger partial charge >= 0.3 is 0 Å². The first-order chi connectivity index (χ1) is 15.9. The van der Waals surface area contributed by atoms with E-state index < -0.39 is 17.7 Å². The summed E-state index contributed by atoms with van der Waals surface area (Å²) in [5.74, 6) is -1.47. The quantitative estimate of drug-likeness (QED) is 0.282. The summed E-state index contributed by atoms with van der Waals surface area (Å²) in [6.45, 7) is 3.72. The van der Waals surface area contributed by atoms with Gasteiger partial charge in [-0.1, -0.05) is 18.2 Å². The molecule has 2 N–H and O–H groups in total. The number of benzene rings is 1. The van der Waals surface area contributed by atoms with Crippen molar-refractivity contribution in [1.82, 2.24) is 14.3 Å². The van der Waals surface area contributed by atoms with Crippen LogP contribution in [-0.4, -0.2) is 36.2 Å². The van der Waals surface area contributed by atoms with Gasteiger partial charge < -0.3 is 23.9 Å². The number of rotatable bonds is 4. The van der Waals surface area contributed by atoms with Gasteiger partial charge in [0.25, 0.3) is 11.7 Å². The maximum atomic E-state index is 13.2. The van der Waals surface area contributed by atoms with Crippen molar-refractivity contribution >= 4 is 23.1 Å². The van der Waals surface area contributed by atoms with Crippen LogP contribution in [-0.2, 0) is 16.1 Å². The molecule has 5 rings (SSSR count). The fraction of sp³-hybridized carbons (Fsp3) is 0.160. The van der Waals surface area contributed by atoms with Crippen molar-refractivity contribution < 1.29 is 24.2 Å². The molecule has 1 amide bonds. The number of Topliss-reactive ketones (excluding diaryl/α,β-unsaturated/α-hetero) is 1. The number of aliphatic hydroxyl groups is 1. The lowest BCUT2D eigenvalue weighted by atomic mass is 9.96. The van der Waals surface area contributed by atoms with Crippen LogP contribution >= 0.6 is 0 Å². The lowest BCUT2D eigenvalue weighted by Crippen LogP contribution is -2.29. The van der Waals surface area contributed by atoms with Crippen molar-refractivity contribution in [1.29, 1.82) is 0 Å². The zero-order valence-corrected chi connectivity index (χ0v) is 18.0. The molecule has 0 spiro atoms. The number of aryl methyl sites for hydroxylation is 2. The van der Waals surface area contributed by atoms with E-state index in [0.717, 1.165) is 5.56 Å². The number of hydrogen-bond donors (Lipinski definition) is 2. The van der Waals surface area contributed by atoms with Crippen molar-refractivity contribution in [2.75, 3.05) is 0 Å². The number of phenols is 1. The highest BCUT2D eigenvalue weighted by molar-refractivity contribution is 6.46. The number of carbonyl (C=O) groups excluding carboxylic acids is 2. The summed E-state index contributed by atoms with van der Waals surface area (Å²) in [4.78, 5) is 32.1. The highest BCUT2D eigenvalue weighted by Gasteiger charge is 2.47.